The lowest BCUT2D eigenvalue weighted by Gasteiger charge is -2.39. The first-order valence-corrected chi connectivity index (χ1v) is 11.0. The normalized spacial score (nSPS) is 18.5. The smallest absolute Gasteiger partial charge is 0.345 e. The van der Waals surface area contributed by atoms with Crippen LogP contribution in [0.15, 0.2) is 9.79 Å². The quantitative estimate of drug-likeness (QED) is 0.369. The molecule has 3 rings (SSSR count). The van der Waals surface area contributed by atoms with Crippen molar-refractivity contribution in [3.8, 4) is 0 Å². The highest BCUT2D eigenvalue weighted by Crippen LogP contribution is 2.16. The fourth-order valence-electron chi connectivity index (χ4n) is 3.91. The van der Waals surface area contributed by atoms with Crippen molar-refractivity contribution in [1.82, 2.24) is 29.9 Å². The zero-order chi connectivity index (χ0) is 20.7. The molecule has 1 fully saturated rings. The molecule has 0 aromatic carbocycles. The number of hydrogen-bond acceptors (Lipinski definition) is 5. The highest BCUT2D eigenvalue weighted by atomic mass is 16.5. The van der Waals surface area contributed by atoms with Gasteiger partial charge in [-0.1, -0.05) is 0 Å². The average Bonchev–Trinajstić information content (AvgIpc) is 3.06. The van der Waals surface area contributed by atoms with Gasteiger partial charge in [0.2, 0.25) is 0 Å². The third kappa shape index (κ3) is 5.82. The van der Waals surface area contributed by atoms with Crippen LogP contribution in [-0.2, 0) is 24.2 Å². The summed E-state index contributed by atoms with van der Waals surface area (Å²) in [6, 6.07) is 0. The van der Waals surface area contributed by atoms with Gasteiger partial charge in [-0.25, -0.2) is 9.48 Å². The summed E-state index contributed by atoms with van der Waals surface area (Å²) in [5.74, 6) is 1.76. The van der Waals surface area contributed by atoms with Crippen LogP contribution in [0.4, 0.5) is 0 Å². The Kier molecular flexibility index (Phi) is 7.71. The molecule has 2 aliphatic rings. The van der Waals surface area contributed by atoms with Gasteiger partial charge in [0.25, 0.3) is 0 Å². The number of hydrogen-bond donors (Lipinski definition) is 2. The number of ether oxygens (including phenoxy) is 1. The van der Waals surface area contributed by atoms with Crippen molar-refractivity contribution < 1.29 is 4.74 Å². The van der Waals surface area contributed by atoms with Crippen molar-refractivity contribution in [2.45, 2.75) is 65.1 Å². The van der Waals surface area contributed by atoms with Gasteiger partial charge in [0.15, 0.2) is 5.96 Å². The lowest BCUT2D eigenvalue weighted by atomic mass is 10.0. The fraction of sp³-hybridized carbons (Fsp3) is 0.850. The molecule has 0 saturated carbocycles. The van der Waals surface area contributed by atoms with E-state index in [1.165, 1.54) is 0 Å². The molecule has 2 N–H and O–H groups in total. The average molecular weight is 408 g/mol. The van der Waals surface area contributed by atoms with Gasteiger partial charge in [0.05, 0.1) is 19.8 Å². The van der Waals surface area contributed by atoms with E-state index in [1.807, 2.05) is 4.57 Å². The van der Waals surface area contributed by atoms with E-state index in [0.29, 0.717) is 6.54 Å². The van der Waals surface area contributed by atoms with E-state index in [1.54, 1.807) is 4.68 Å². The number of aliphatic imine (C=N–C) groups is 1. The maximum atomic E-state index is 12.4. The van der Waals surface area contributed by atoms with Gasteiger partial charge in [-0.2, -0.15) is 5.10 Å². The molecule has 9 nitrogen and oxygen atoms in total. The Labute approximate surface area is 173 Å². The van der Waals surface area contributed by atoms with Gasteiger partial charge in [-0.05, 0) is 40.0 Å². The standard InChI is InChI=1S/C20H37N7O2/c1-4-21-18(23-16-20(2,3)25-12-14-29-15-13-25)22-9-7-11-27-19(28)26-10-6-5-8-17(26)24-27/h4-16H2,1-3H3,(H2,21,22,23). The molecule has 0 unspecified atom stereocenters. The lowest BCUT2D eigenvalue weighted by Crippen LogP contribution is -2.52. The van der Waals surface area contributed by atoms with Crippen LogP contribution >= 0.6 is 0 Å². The zero-order valence-electron chi connectivity index (χ0n) is 18.2. The number of nitrogens with one attached hydrogen (secondary N) is 2. The highest BCUT2D eigenvalue weighted by molar-refractivity contribution is 5.79. The Balaban J connectivity index is 1.48. The van der Waals surface area contributed by atoms with Gasteiger partial charge < -0.3 is 15.4 Å². The summed E-state index contributed by atoms with van der Waals surface area (Å²) in [7, 11) is 0. The Morgan fingerprint density at radius 2 is 2.00 bits per heavy atom. The van der Waals surface area contributed by atoms with Crippen LogP contribution in [0, 0.1) is 0 Å². The molecule has 0 bridgehead atoms. The van der Waals surface area contributed by atoms with E-state index in [0.717, 1.165) is 89.9 Å². The minimum Gasteiger partial charge on any atom is -0.379 e. The summed E-state index contributed by atoms with van der Waals surface area (Å²) in [6.45, 7) is 13.8. The molecule has 3 heterocycles. The van der Waals surface area contributed by atoms with Crippen molar-refractivity contribution in [3.05, 3.63) is 16.3 Å². The SMILES string of the molecule is CCNC(=NCC(C)(C)N1CCOCC1)NCCCn1nc2n(c1=O)CCCC2. The largest absolute Gasteiger partial charge is 0.379 e. The molecule has 1 aromatic rings. The Bertz CT molecular complexity index is 732. The molecular formula is C20H37N7O2. The topological polar surface area (TPSA) is 88.7 Å². The third-order valence-electron chi connectivity index (χ3n) is 5.71. The van der Waals surface area contributed by atoms with E-state index < -0.39 is 0 Å². The number of rotatable bonds is 8. The van der Waals surface area contributed by atoms with Crippen LogP contribution in [0.2, 0.25) is 0 Å². The minimum absolute atomic E-state index is 0.00501. The van der Waals surface area contributed by atoms with E-state index in [-0.39, 0.29) is 11.2 Å². The second kappa shape index (κ2) is 10.2. The van der Waals surface area contributed by atoms with Crippen LogP contribution in [0.1, 0.15) is 45.9 Å². The van der Waals surface area contributed by atoms with Gasteiger partial charge >= 0.3 is 5.69 Å². The first-order valence-electron chi connectivity index (χ1n) is 11.0. The molecule has 2 aliphatic heterocycles. The maximum Gasteiger partial charge on any atom is 0.345 e. The predicted octanol–water partition coefficient (Wildman–Crippen LogP) is 0.437. The molecule has 9 heteroatoms. The van der Waals surface area contributed by atoms with E-state index in [4.69, 9.17) is 9.73 Å². The third-order valence-corrected chi connectivity index (χ3v) is 5.71. The molecule has 0 atom stereocenters. The molecule has 0 amide bonds. The Morgan fingerprint density at radius 3 is 2.72 bits per heavy atom. The monoisotopic (exact) mass is 407 g/mol. The van der Waals surface area contributed by atoms with Crippen LogP contribution in [0.5, 0.6) is 0 Å². The van der Waals surface area contributed by atoms with Crippen LogP contribution in [-0.4, -0.2) is 76.7 Å². The number of guanidine groups is 1. The van der Waals surface area contributed by atoms with Gasteiger partial charge in [0, 0.05) is 51.2 Å². The predicted molar refractivity (Wildman–Crippen MR) is 114 cm³/mol. The number of aromatic nitrogens is 3. The van der Waals surface area contributed by atoms with E-state index in [9.17, 15) is 4.79 Å². The number of morpholine rings is 1. The zero-order valence-corrected chi connectivity index (χ0v) is 18.2. The molecule has 1 aromatic heterocycles. The Hall–Kier alpha value is -1.87. The minimum atomic E-state index is -0.00501. The van der Waals surface area contributed by atoms with Crippen molar-refractivity contribution in [2.75, 3.05) is 45.9 Å². The number of nitrogens with zero attached hydrogens (tertiary/aromatic N) is 5. The summed E-state index contributed by atoms with van der Waals surface area (Å²) in [5.41, 5.74) is 0.0297. The van der Waals surface area contributed by atoms with Crippen LogP contribution in [0.25, 0.3) is 0 Å². The molecular weight excluding hydrogens is 370 g/mol. The number of fused-ring (bicyclic) bond motifs is 1. The Morgan fingerprint density at radius 1 is 1.21 bits per heavy atom. The summed E-state index contributed by atoms with van der Waals surface area (Å²) >= 11 is 0. The van der Waals surface area contributed by atoms with Gasteiger partial charge in [-0.3, -0.25) is 14.5 Å². The van der Waals surface area contributed by atoms with E-state index in [2.05, 4.69) is 41.4 Å². The highest BCUT2D eigenvalue weighted by Gasteiger charge is 2.28. The van der Waals surface area contributed by atoms with Gasteiger partial charge in [0.1, 0.15) is 5.82 Å². The lowest BCUT2D eigenvalue weighted by molar-refractivity contribution is -0.00683. The maximum absolute atomic E-state index is 12.4. The summed E-state index contributed by atoms with van der Waals surface area (Å²) < 4.78 is 8.91. The summed E-state index contributed by atoms with van der Waals surface area (Å²) in [5, 5.41) is 11.2. The first-order chi connectivity index (χ1) is 14.0. The fourth-order valence-corrected chi connectivity index (χ4v) is 3.91. The molecule has 164 valence electrons. The second-order valence-corrected chi connectivity index (χ2v) is 8.42. The molecule has 29 heavy (non-hydrogen) atoms. The summed E-state index contributed by atoms with van der Waals surface area (Å²) in [4.78, 5) is 19.6. The van der Waals surface area contributed by atoms with Crippen molar-refractivity contribution in [3.63, 3.8) is 0 Å². The summed E-state index contributed by atoms with van der Waals surface area (Å²) in [6.07, 6.45) is 3.94. The first kappa shape index (κ1) is 21.8. The number of aryl methyl sites for hydroxylation is 2. The van der Waals surface area contributed by atoms with Crippen molar-refractivity contribution in [2.24, 2.45) is 4.99 Å². The molecule has 1 saturated heterocycles. The molecule has 0 aliphatic carbocycles. The second-order valence-electron chi connectivity index (χ2n) is 8.42. The van der Waals surface area contributed by atoms with Crippen LogP contribution in [0.3, 0.4) is 0 Å². The molecule has 0 spiro atoms. The van der Waals surface area contributed by atoms with Crippen LogP contribution < -0.4 is 16.3 Å². The van der Waals surface area contributed by atoms with E-state index >= 15 is 0 Å². The van der Waals surface area contributed by atoms with Gasteiger partial charge in [-0.15, -0.1) is 0 Å². The van der Waals surface area contributed by atoms with Crippen molar-refractivity contribution in [1.29, 1.82) is 0 Å². The van der Waals surface area contributed by atoms with Crippen molar-refractivity contribution >= 4 is 5.96 Å². The molecule has 0 radical (unpaired) electrons.